The largest absolute Gasteiger partial charge is 0.481 e. The van der Waals surface area contributed by atoms with Gasteiger partial charge in [-0.3, -0.25) is 4.79 Å². The van der Waals surface area contributed by atoms with E-state index in [0.717, 1.165) is 0 Å². The van der Waals surface area contributed by atoms with E-state index in [-0.39, 0.29) is 18.0 Å². The number of aliphatic carboxylic acids is 1. The van der Waals surface area contributed by atoms with E-state index >= 15 is 0 Å². The van der Waals surface area contributed by atoms with E-state index in [4.69, 9.17) is 16.7 Å². The highest BCUT2D eigenvalue weighted by Crippen LogP contribution is 2.34. The van der Waals surface area contributed by atoms with Crippen LogP contribution in [0.4, 0.5) is 0 Å². The number of benzene rings is 1. The van der Waals surface area contributed by atoms with Gasteiger partial charge in [0.2, 0.25) is 10.0 Å². The smallest absolute Gasteiger partial charge is 0.310 e. The molecule has 1 aromatic rings. The summed E-state index contributed by atoms with van der Waals surface area (Å²) in [4.78, 5) is 11.3. The Kier molecular flexibility index (Phi) is 4.17. The van der Waals surface area contributed by atoms with Crippen molar-refractivity contribution in [1.82, 2.24) is 4.31 Å². The first-order valence-corrected chi connectivity index (χ1v) is 8.46. The van der Waals surface area contributed by atoms with Crippen LogP contribution in [0.15, 0.2) is 27.6 Å². The van der Waals surface area contributed by atoms with Gasteiger partial charge in [-0.15, -0.1) is 0 Å². The second-order valence-electron chi connectivity index (χ2n) is 5.03. The number of sulfonamides is 1. The zero-order valence-corrected chi connectivity index (χ0v) is 13.8. The molecule has 1 aliphatic rings. The summed E-state index contributed by atoms with van der Waals surface area (Å²) >= 11 is 9.11. The fourth-order valence-electron chi connectivity index (χ4n) is 2.08. The van der Waals surface area contributed by atoms with E-state index in [1.54, 1.807) is 13.0 Å². The Hall–Kier alpha value is -0.630. The fraction of sp³-hybridized carbons (Fsp3) is 0.417. The number of rotatable bonds is 3. The van der Waals surface area contributed by atoms with Crippen LogP contribution in [0.25, 0.3) is 0 Å². The number of hydrogen-bond acceptors (Lipinski definition) is 3. The van der Waals surface area contributed by atoms with Gasteiger partial charge < -0.3 is 5.11 Å². The zero-order chi connectivity index (χ0) is 15.1. The van der Waals surface area contributed by atoms with Crippen LogP contribution in [0.3, 0.4) is 0 Å². The van der Waals surface area contributed by atoms with Crippen molar-refractivity contribution in [2.75, 3.05) is 13.1 Å². The molecular formula is C12H13BrClNO4S. The maximum Gasteiger partial charge on any atom is 0.310 e. The van der Waals surface area contributed by atoms with E-state index in [9.17, 15) is 13.2 Å². The number of carbonyl (C=O) groups is 1. The van der Waals surface area contributed by atoms with Crippen molar-refractivity contribution in [1.29, 1.82) is 0 Å². The molecule has 110 valence electrons. The van der Waals surface area contributed by atoms with Gasteiger partial charge in [-0.2, -0.15) is 4.31 Å². The second-order valence-corrected chi connectivity index (χ2v) is 8.23. The summed E-state index contributed by atoms with van der Waals surface area (Å²) in [6, 6.07) is 4.36. The number of nitrogens with zero attached hydrogens (tertiary/aromatic N) is 1. The monoisotopic (exact) mass is 381 g/mol. The number of carboxylic acid groups (broad SMARTS) is 1. The summed E-state index contributed by atoms with van der Waals surface area (Å²) in [6.45, 7) is 1.72. The second kappa shape index (κ2) is 5.29. The minimum absolute atomic E-state index is 0.0294. The Morgan fingerprint density at radius 2 is 2.15 bits per heavy atom. The molecule has 0 radical (unpaired) electrons. The lowest BCUT2D eigenvalue weighted by atomic mass is 9.90. The molecule has 1 aliphatic heterocycles. The van der Waals surface area contributed by atoms with Crippen molar-refractivity contribution in [3.63, 3.8) is 0 Å². The third-order valence-electron chi connectivity index (χ3n) is 3.48. The van der Waals surface area contributed by atoms with Gasteiger partial charge in [0.1, 0.15) is 0 Å². The van der Waals surface area contributed by atoms with E-state index in [1.807, 2.05) is 0 Å². The summed E-state index contributed by atoms with van der Waals surface area (Å²) < 4.78 is 26.7. The topological polar surface area (TPSA) is 74.7 Å². The lowest BCUT2D eigenvalue weighted by Gasteiger charge is -2.20. The maximum absolute atomic E-state index is 12.5. The Bertz CT molecular complexity index is 663. The minimum Gasteiger partial charge on any atom is -0.481 e. The molecule has 1 atom stereocenters. The lowest BCUT2D eigenvalue weighted by molar-refractivity contribution is -0.146. The number of carboxylic acids is 1. The summed E-state index contributed by atoms with van der Waals surface area (Å²) in [7, 11) is -3.72. The molecule has 1 unspecified atom stereocenters. The van der Waals surface area contributed by atoms with Crippen molar-refractivity contribution in [2.24, 2.45) is 5.41 Å². The molecule has 0 aliphatic carbocycles. The fourth-order valence-corrected chi connectivity index (χ4v) is 4.17. The molecule has 0 saturated carbocycles. The van der Waals surface area contributed by atoms with Crippen molar-refractivity contribution < 1.29 is 18.3 Å². The standard InChI is InChI=1S/C12H13BrClNO4S/c1-12(11(16)17)4-5-15(7-12)20(18,19)8-2-3-9(13)10(14)6-8/h2-3,6H,4-5,7H2,1H3,(H,16,17). The van der Waals surface area contributed by atoms with Gasteiger partial charge in [-0.25, -0.2) is 8.42 Å². The Labute approximate surface area is 130 Å². The van der Waals surface area contributed by atoms with Gasteiger partial charge in [-0.1, -0.05) is 11.6 Å². The molecule has 8 heteroatoms. The quantitative estimate of drug-likeness (QED) is 0.872. The van der Waals surface area contributed by atoms with Crippen molar-refractivity contribution in [3.05, 3.63) is 27.7 Å². The van der Waals surface area contributed by atoms with Crippen LogP contribution in [0, 0.1) is 5.41 Å². The lowest BCUT2D eigenvalue weighted by Crippen LogP contribution is -2.34. The third-order valence-corrected chi connectivity index (χ3v) is 6.56. The summed E-state index contributed by atoms with van der Waals surface area (Å²) in [5.41, 5.74) is -1.04. The average molecular weight is 383 g/mol. The van der Waals surface area contributed by atoms with Gasteiger partial charge in [0.25, 0.3) is 0 Å². The van der Waals surface area contributed by atoms with Gasteiger partial charge in [-0.05, 0) is 47.5 Å². The highest BCUT2D eigenvalue weighted by molar-refractivity contribution is 9.10. The molecule has 1 N–H and O–H groups in total. The van der Waals surface area contributed by atoms with Gasteiger partial charge in [0.05, 0.1) is 15.3 Å². The van der Waals surface area contributed by atoms with Gasteiger partial charge >= 0.3 is 5.97 Å². The molecule has 1 aromatic carbocycles. The van der Waals surface area contributed by atoms with Crippen molar-refractivity contribution in [3.8, 4) is 0 Å². The molecule has 0 amide bonds. The molecule has 20 heavy (non-hydrogen) atoms. The van der Waals surface area contributed by atoms with Crippen LogP contribution >= 0.6 is 27.5 Å². The normalized spacial score (nSPS) is 23.9. The van der Waals surface area contributed by atoms with Gasteiger partial charge in [0, 0.05) is 17.6 Å². The van der Waals surface area contributed by atoms with Crippen LogP contribution in [0.1, 0.15) is 13.3 Å². The summed E-state index contributed by atoms with van der Waals surface area (Å²) in [5, 5.41) is 9.46. The first-order valence-electron chi connectivity index (χ1n) is 5.85. The molecule has 0 aromatic heterocycles. The Balaban J connectivity index is 2.33. The van der Waals surface area contributed by atoms with Crippen LogP contribution < -0.4 is 0 Å². The molecule has 0 spiro atoms. The van der Waals surface area contributed by atoms with E-state index < -0.39 is 21.4 Å². The number of hydrogen-bond donors (Lipinski definition) is 1. The van der Waals surface area contributed by atoms with Crippen molar-refractivity contribution >= 4 is 43.5 Å². The van der Waals surface area contributed by atoms with Gasteiger partial charge in [0.15, 0.2) is 0 Å². The first kappa shape index (κ1) is 15.8. The average Bonchev–Trinajstić information content (AvgIpc) is 2.77. The molecule has 1 saturated heterocycles. The Morgan fingerprint density at radius 1 is 1.50 bits per heavy atom. The summed E-state index contributed by atoms with van der Waals surface area (Å²) in [5.74, 6) is -0.982. The summed E-state index contributed by atoms with van der Waals surface area (Å²) in [6.07, 6.45) is 0.297. The molecule has 1 fully saturated rings. The molecular weight excluding hydrogens is 370 g/mol. The predicted octanol–water partition coefficient (Wildman–Crippen LogP) is 2.59. The van der Waals surface area contributed by atoms with Crippen LogP contribution in [0.5, 0.6) is 0 Å². The zero-order valence-electron chi connectivity index (χ0n) is 10.6. The third kappa shape index (κ3) is 2.72. The van der Waals surface area contributed by atoms with Crippen molar-refractivity contribution in [2.45, 2.75) is 18.2 Å². The molecule has 1 heterocycles. The highest BCUT2D eigenvalue weighted by atomic mass is 79.9. The van der Waals surface area contributed by atoms with Crippen LogP contribution in [-0.4, -0.2) is 36.9 Å². The van der Waals surface area contributed by atoms with E-state index in [1.165, 1.54) is 16.4 Å². The number of halogens is 2. The highest BCUT2D eigenvalue weighted by Gasteiger charge is 2.44. The SMILES string of the molecule is CC1(C(=O)O)CCN(S(=O)(=O)c2ccc(Br)c(Cl)c2)C1. The molecule has 5 nitrogen and oxygen atoms in total. The van der Waals surface area contributed by atoms with E-state index in [2.05, 4.69) is 15.9 Å². The minimum atomic E-state index is -3.72. The van der Waals surface area contributed by atoms with E-state index in [0.29, 0.717) is 15.9 Å². The predicted molar refractivity (Wildman–Crippen MR) is 78.3 cm³/mol. The molecule has 2 rings (SSSR count). The van der Waals surface area contributed by atoms with Crippen LogP contribution in [-0.2, 0) is 14.8 Å². The Morgan fingerprint density at radius 3 is 2.65 bits per heavy atom. The maximum atomic E-state index is 12.5. The first-order chi connectivity index (χ1) is 9.17. The molecule has 0 bridgehead atoms. The van der Waals surface area contributed by atoms with Crippen LogP contribution in [0.2, 0.25) is 5.02 Å².